The predicted octanol–water partition coefficient (Wildman–Crippen LogP) is 4.68. The van der Waals surface area contributed by atoms with Crippen LogP contribution in [0, 0.1) is 30.5 Å². The van der Waals surface area contributed by atoms with Gasteiger partial charge in [0.15, 0.2) is 5.60 Å². The van der Waals surface area contributed by atoms with E-state index in [1.54, 1.807) is 19.9 Å². The molecule has 5 heterocycles. The van der Waals surface area contributed by atoms with E-state index in [2.05, 4.69) is 5.32 Å². The standard InChI is InChI=1S/C39H40FN3O11/c1-3-38(49)24-11-29-32-22(15-43(29)33(44)23(24)16-50-35(38)47)31-27(7-6-20-17(2)26(40)12-28(41-32)30(20)31)42-36(48)51-19-5-4-8-37(14-19)52-39(54-53-37)13-18-9-21(34(45)46)25(39)10-18/h11-12,18-19,21,25,27,49H,3-10,13-16H2,1-2H3,(H,42,48)(H,45,46)/t18?,19-,21?,25?,27+,37-,38+,39?/m1/s1. The zero-order valence-electron chi connectivity index (χ0n) is 29.9. The number of carboxylic acids is 1. The van der Waals surface area contributed by atoms with Crippen LogP contribution in [0.3, 0.4) is 0 Å². The molecule has 3 saturated carbocycles. The maximum Gasteiger partial charge on any atom is 0.407 e. The number of hydrogen-bond acceptors (Lipinski definition) is 11. The lowest BCUT2D eigenvalue weighted by Crippen LogP contribution is -2.47. The van der Waals surface area contributed by atoms with Gasteiger partial charge in [-0.3, -0.25) is 9.59 Å². The summed E-state index contributed by atoms with van der Waals surface area (Å²) in [5.74, 6) is -5.05. The molecule has 1 aromatic carbocycles. The van der Waals surface area contributed by atoms with Gasteiger partial charge >= 0.3 is 18.0 Å². The molecule has 284 valence electrons. The molecule has 3 N–H and O–H groups in total. The minimum Gasteiger partial charge on any atom is -0.481 e. The number of alkyl carbamates (subject to hydrolysis) is 1. The summed E-state index contributed by atoms with van der Waals surface area (Å²) in [6, 6.07) is 2.41. The van der Waals surface area contributed by atoms with E-state index in [1.807, 2.05) is 0 Å². The van der Waals surface area contributed by atoms with Gasteiger partial charge < -0.3 is 34.3 Å². The Morgan fingerprint density at radius 2 is 1.96 bits per heavy atom. The Kier molecular flexibility index (Phi) is 7.28. The summed E-state index contributed by atoms with van der Waals surface area (Å²) in [4.78, 5) is 69.0. The highest BCUT2D eigenvalue weighted by atomic mass is 19.1. The topological polar surface area (TPSA) is 185 Å². The number of halogens is 1. The van der Waals surface area contributed by atoms with E-state index < -0.39 is 64.6 Å². The maximum atomic E-state index is 15.3. The normalized spacial score (nSPS) is 34.2. The molecule has 4 unspecified atom stereocenters. The van der Waals surface area contributed by atoms with Crippen molar-refractivity contribution in [2.75, 3.05) is 0 Å². The van der Waals surface area contributed by atoms with Gasteiger partial charge in [0.25, 0.3) is 5.56 Å². The van der Waals surface area contributed by atoms with Crippen molar-refractivity contribution in [1.29, 1.82) is 0 Å². The maximum absolute atomic E-state index is 15.3. The number of rotatable bonds is 4. The van der Waals surface area contributed by atoms with Gasteiger partial charge in [0.2, 0.25) is 11.6 Å². The van der Waals surface area contributed by atoms with Gasteiger partial charge in [-0.25, -0.2) is 19.0 Å². The smallest absolute Gasteiger partial charge is 0.407 e. The van der Waals surface area contributed by atoms with Crippen molar-refractivity contribution in [3.8, 4) is 11.4 Å². The second-order valence-electron chi connectivity index (χ2n) is 16.3. The van der Waals surface area contributed by atoms with Crippen molar-refractivity contribution >= 4 is 28.9 Å². The van der Waals surface area contributed by atoms with Crippen molar-refractivity contribution in [3.63, 3.8) is 0 Å². The molecule has 10 rings (SSSR count). The van der Waals surface area contributed by atoms with E-state index in [4.69, 9.17) is 29.0 Å². The molecule has 4 aliphatic carbocycles. The highest BCUT2D eigenvalue weighted by molar-refractivity contribution is 5.93. The van der Waals surface area contributed by atoms with Gasteiger partial charge in [-0.15, -0.1) is 0 Å². The molecular weight excluding hydrogens is 705 g/mol. The number of amides is 1. The molecule has 1 amide bonds. The van der Waals surface area contributed by atoms with Crippen LogP contribution in [-0.2, 0) is 58.7 Å². The Balaban J connectivity index is 0.953. The van der Waals surface area contributed by atoms with Crippen LogP contribution in [-0.4, -0.2) is 55.5 Å². The number of carbonyl (C=O) groups excluding carboxylic acids is 2. The quantitative estimate of drug-likeness (QED) is 0.194. The van der Waals surface area contributed by atoms with E-state index >= 15 is 4.39 Å². The molecular formula is C39H40FN3O11. The molecule has 2 spiro atoms. The average molecular weight is 746 g/mol. The molecule has 3 aromatic rings. The Labute approximate surface area is 307 Å². The molecule has 1 saturated heterocycles. The van der Waals surface area contributed by atoms with Crippen LogP contribution < -0.4 is 10.9 Å². The molecule has 7 aliphatic rings. The molecule has 14 nitrogen and oxygen atoms in total. The number of esters is 1. The van der Waals surface area contributed by atoms with Gasteiger partial charge in [-0.05, 0) is 80.5 Å². The number of aliphatic carboxylic acids is 1. The van der Waals surface area contributed by atoms with E-state index in [9.17, 15) is 29.4 Å². The monoisotopic (exact) mass is 745 g/mol. The van der Waals surface area contributed by atoms with Gasteiger partial charge in [-0.1, -0.05) is 6.92 Å². The summed E-state index contributed by atoms with van der Waals surface area (Å²) in [5.41, 5.74) is 1.79. The number of aryl methyl sites for hydroxylation is 1. The number of carboxylic acid groups (broad SMARTS) is 1. The minimum absolute atomic E-state index is 0.00658. The Morgan fingerprint density at radius 3 is 2.74 bits per heavy atom. The number of hydrogen-bond donors (Lipinski definition) is 3. The van der Waals surface area contributed by atoms with Gasteiger partial charge in [0.1, 0.15) is 18.5 Å². The first kappa shape index (κ1) is 34.1. The van der Waals surface area contributed by atoms with Crippen LogP contribution in [0.15, 0.2) is 16.9 Å². The Bertz CT molecular complexity index is 2280. The Hall–Kier alpha value is -4.44. The number of pyridine rings is 2. The molecule has 54 heavy (non-hydrogen) atoms. The fourth-order valence-electron chi connectivity index (χ4n) is 10.8. The van der Waals surface area contributed by atoms with Crippen LogP contribution in [0.2, 0.25) is 0 Å². The second-order valence-corrected chi connectivity index (χ2v) is 16.3. The van der Waals surface area contributed by atoms with Crippen molar-refractivity contribution in [2.45, 2.75) is 121 Å². The summed E-state index contributed by atoms with van der Waals surface area (Å²) in [6.07, 6.45) is 3.48. The largest absolute Gasteiger partial charge is 0.481 e. The van der Waals surface area contributed by atoms with Crippen LogP contribution in [0.1, 0.15) is 104 Å². The third-order valence-corrected chi connectivity index (χ3v) is 13.4. The summed E-state index contributed by atoms with van der Waals surface area (Å²) in [5, 5.41) is 24.9. The first-order valence-electron chi connectivity index (χ1n) is 18.9. The van der Waals surface area contributed by atoms with E-state index in [0.29, 0.717) is 79.4 Å². The van der Waals surface area contributed by atoms with Crippen LogP contribution in [0.4, 0.5) is 9.18 Å². The molecule has 8 atom stereocenters. The highest BCUT2D eigenvalue weighted by Gasteiger charge is 2.67. The first-order valence-corrected chi connectivity index (χ1v) is 18.9. The Morgan fingerprint density at radius 1 is 1.13 bits per heavy atom. The third-order valence-electron chi connectivity index (χ3n) is 13.4. The zero-order valence-corrected chi connectivity index (χ0v) is 29.9. The number of aromatic nitrogens is 2. The van der Waals surface area contributed by atoms with E-state index in [1.165, 1.54) is 10.6 Å². The van der Waals surface area contributed by atoms with Crippen LogP contribution in [0.5, 0.6) is 0 Å². The number of nitrogens with one attached hydrogen (secondary N) is 1. The van der Waals surface area contributed by atoms with E-state index in [0.717, 1.165) is 16.5 Å². The van der Waals surface area contributed by atoms with Gasteiger partial charge in [0.05, 0.1) is 41.0 Å². The molecule has 4 fully saturated rings. The van der Waals surface area contributed by atoms with Crippen LogP contribution in [0.25, 0.3) is 22.3 Å². The SMILES string of the molecule is CC[C@@]1(O)C(=O)OCc2c1cc1n(c2=O)Cc2c-1nc1cc(F)c(C)c3c1c2[C@@H](NC(=O)O[C@@H]1CCC[C@]2(C1)OOC1(CC4CC(C(=O)O)C1C4)O2)CC3. The number of benzene rings is 1. The number of aliphatic hydroxyl groups is 1. The number of nitrogens with zero attached hydrogens (tertiary/aromatic N) is 2. The van der Waals surface area contributed by atoms with Crippen LogP contribution >= 0.6 is 0 Å². The summed E-state index contributed by atoms with van der Waals surface area (Å²) in [7, 11) is 0. The van der Waals surface area contributed by atoms with Gasteiger partial charge in [-0.2, -0.15) is 9.78 Å². The number of cyclic esters (lactones) is 1. The second kappa shape index (κ2) is 11.5. The number of ether oxygens (including phenoxy) is 3. The summed E-state index contributed by atoms with van der Waals surface area (Å²) in [6.45, 7) is 3.20. The van der Waals surface area contributed by atoms with Crippen molar-refractivity contribution in [2.24, 2.45) is 17.8 Å². The lowest BCUT2D eigenvalue weighted by Gasteiger charge is -2.38. The number of fused-ring (bicyclic) bond motifs is 8. The molecule has 0 radical (unpaired) electrons. The van der Waals surface area contributed by atoms with Crippen molar-refractivity contribution in [3.05, 3.63) is 61.7 Å². The fraction of sp³-hybridized carbons (Fsp3) is 0.564. The lowest BCUT2D eigenvalue weighted by atomic mass is 9.81. The molecule has 15 heteroatoms. The fourth-order valence-corrected chi connectivity index (χ4v) is 10.8. The summed E-state index contributed by atoms with van der Waals surface area (Å²) < 4.78 is 34.7. The van der Waals surface area contributed by atoms with Crippen molar-refractivity contribution in [1.82, 2.24) is 14.9 Å². The third kappa shape index (κ3) is 4.67. The lowest BCUT2D eigenvalue weighted by molar-refractivity contribution is -0.365. The molecule has 3 aliphatic heterocycles. The highest BCUT2D eigenvalue weighted by Crippen LogP contribution is 2.61. The average Bonchev–Trinajstić information content (AvgIpc) is 3.91. The summed E-state index contributed by atoms with van der Waals surface area (Å²) >= 11 is 0. The molecule has 2 bridgehead atoms. The first-order chi connectivity index (χ1) is 25.8. The zero-order chi connectivity index (χ0) is 37.5. The minimum atomic E-state index is -2.00. The van der Waals surface area contributed by atoms with Gasteiger partial charge in [0, 0.05) is 47.8 Å². The van der Waals surface area contributed by atoms with E-state index in [-0.39, 0.29) is 49.0 Å². The number of carbonyl (C=O) groups is 3. The van der Waals surface area contributed by atoms with Crippen molar-refractivity contribution < 1.29 is 53.0 Å². The molecule has 2 aromatic heterocycles. The predicted molar refractivity (Wildman–Crippen MR) is 183 cm³/mol.